The molecule has 0 amide bonds. The average Bonchev–Trinajstić information content (AvgIpc) is 2.29. The topological polar surface area (TPSA) is 46.5 Å². The lowest BCUT2D eigenvalue weighted by Crippen LogP contribution is -2.17. The monoisotopic (exact) mass is 210 g/mol. The van der Waals surface area contributed by atoms with Crippen LogP contribution in [0.15, 0.2) is 23.8 Å². The molecular formula is C12H18O3. The predicted molar refractivity (Wildman–Crippen MR) is 58.3 cm³/mol. The van der Waals surface area contributed by atoms with Gasteiger partial charge in [0.1, 0.15) is 0 Å². The summed E-state index contributed by atoms with van der Waals surface area (Å²) in [7, 11) is 0. The van der Waals surface area contributed by atoms with Crippen LogP contribution in [-0.4, -0.2) is 24.3 Å². The molecule has 0 fully saturated rings. The third-order valence-electron chi connectivity index (χ3n) is 2.43. The quantitative estimate of drug-likeness (QED) is 0.556. The van der Waals surface area contributed by atoms with E-state index in [0.29, 0.717) is 13.0 Å². The predicted octanol–water partition coefficient (Wildman–Crippen LogP) is 1.82. The van der Waals surface area contributed by atoms with Crippen molar-refractivity contribution in [3.63, 3.8) is 0 Å². The zero-order valence-corrected chi connectivity index (χ0v) is 9.11. The van der Waals surface area contributed by atoms with Gasteiger partial charge in [0.15, 0.2) is 0 Å². The highest BCUT2D eigenvalue weighted by atomic mass is 16.5. The van der Waals surface area contributed by atoms with Gasteiger partial charge in [0.05, 0.1) is 12.5 Å². The van der Waals surface area contributed by atoms with Crippen molar-refractivity contribution < 1.29 is 14.6 Å². The second-order valence-corrected chi connectivity index (χ2v) is 3.58. The highest BCUT2D eigenvalue weighted by Crippen LogP contribution is 2.19. The fourth-order valence-corrected chi connectivity index (χ4v) is 1.45. The van der Waals surface area contributed by atoms with Crippen LogP contribution in [0.2, 0.25) is 0 Å². The Morgan fingerprint density at radius 3 is 3.00 bits per heavy atom. The third-order valence-corrected chi connectivity index (χ3v) is 2.43. The zero-order valence-electron chi connectivity index (χ0n) is 9.11. The lowest BCUT2D eigenvalue weighted by molar-refractivity contribution is -0.147. The number of aliphatic hydroxyl groups is 1. The van der Waals surface area contributed by atoms with Crippen LogP contribution in [0, 0.1) is 5.92 Å². The highest BCUT2D eigenvalue weighted by molar-refractivity contribution is 5.75. The minimum absolute atomic E-state index is 0.0632. The molecule has 1 N–H and O–H groups in total. The Bertz CT molecular complexity index is 266. The Morgan fingerprint density at radius 1 is 1.67 bits per heavy atom. The lowest BCUT2D eigenvalue weighted by atomic mass is 9.96. The van der Waals surface area contributed by atoms with Gasteiger partial charge >= 0.3 is 5.97 Å². The van der Waals surface area contributed by atoms with E-state index < -0.39 is 0 Å². The molecule has 3 heteroatoms. The first-order valence-electron chi connectivity index (χ1n) is 5.42. The van der Waals surface area contributed by atoms with Crippen LogP contribution in [0.3, 0.4) is 0 Å². The number of rotatable bonds is 5. The first-order valence-corrected chi connectivity index (χ1v) is 5.42. The molecule has 0 saturated carbocycles. The van der Waals surface area contributed by atoms with E-state index in [1.165, 1.54) is 5.57 Å². The number of ether oxygens (including phenoxy) is 1. The molecule has 1 rings (SSSR count). The molecule has 1 aliphatic rings. The summed E-state index contributed by atoms with van der Waals surface area (Å²) in [5.41, 5.74) is 1.27. The molecule has 1 aliphatic carbocycles. The molecule has 0 aliphatic heterocycles. The van der Waals surface area contributed by atoms with E-state index in [0.717, 1.165) is 12.8 Å². The summed E-state index contributed by atoms with van der Waals surface area (Å²) < 4.78 is 5.01. The Balaban J connectivity index is 2.31. The van der Waals surface area contributed by atoms with Crippen molar-refractivity contribution in [2.75, 3.05) is 13.2 Å². The first-order chi connectivity index (χ1) is 7.27. The average molecular weight is 210 g/mol. The molecular weight excluding hydrogens is 192 g/mol. The van der Waals surface area contributed by atoms with Crippen LogP contribution in [0.4, 0.5) is 0 Å². The zero-order chi connectivity index (χ0) is 11.1. The molecule has 0 spiro atoms. The number of carbonyl (C=O) groups is 1. The van der Waals surface area contributed by atoms with Gasteiger partial charge in [-0.1, -0.05) is 30.7 Å². The van der Waals surface area contributed by atoms with E-state index >= 15 is 0 Å². The second-order valence-electron chi connectivity index (χ2n) is 3.58. The summed E-state index contributed by atoms with van der Waals surface area (Å²) in [4.78, 5) is 11.5. The number of hydrogen-bond donors (Lipinski definition) is 1. The minimum Gasteiger partial charge on any atom is -0.465 e. The summed E-state index contributed by atoms with van der Waals surface area (Å²) in [5, 5.41) is 8.54. The number of carbonyl (C=O) groups excluding carboxylic acids is 1. The summed E-state index contributed by atoms with van der Waals surface area (Å²) in [6.07, 6.45) is 8.22. The number of esters is 1. The van der Waals surface area contributed by atoms with Gasteiger partial charge in [0.25, 0.3) is 0 Å². The largest absolute Gasteiger partial charge is 0.465 e. The van der Waals surface area contributed by atoms with Gasteiger partial charge in [-0.15, -0.1) is 0 Å². The van der Waals surface area contributed by atoms with Gasteiger partial charge in [0, 0.05) is 13.0 Å². The Kier molecular flexibility index (Phi) is 5.12. The van der Waals surface area contributed by atoms with E-state index in [9.17, 15) is 4.79 Å². The third kappa shape index (κ3) is 3.88. The van der Waals surface area contributed by atoms with Gasteiger partial charge in [-0.2, -0.15) is 0 Å². The van der Waals surface area contributed by atoms with Crippen LogP contribution < -0.4 is 0 Å². The molecule has 0 aromatic rings. The molecule has 0 saturated heterocycles. The number of aliphatic hydroxyl groups excluding tert-OH is 1. The number of hydrogen-bond acceptors (Lipinski definition) is 3. The van der Waals surface area contributed by atoms with Gasteiger partial charge in [0.2, 0.25) is 0 Å². The van der Waals surface area contributed by atoms with Crippen molar-refractivity contribution in [3.8, 4) is 0 Å². The van der Waals surface area contributed by atoms with Crippen molar-refractivity contribution >= 4 is 5.97 Å². The van der Waals surface area contributed by atoms with Gasteiger partial charge in [-0.05, 0) is 12.8 Å². The van der Waals surface area contributed by atoms with Crippen molar-refractivity contribution in [2.45, 2.75) is 26.2 Å². The molecule has 0 radical (unpaired) electrons. The van der Waals surface area contributed by atoms with E-state index in [4.69, 9.17) is 9.84 Å². The minimum atomic E-state index is -0.189. The van der Waals surface area contributed by atoms with Crippen LogP contribution in [0.5, 0.6) is 0 Å². The van der Waals surface area contributed by atoms with Crippen LogP contribution in [-0.2, 0) is 9.53 Å². The molecule has 0 aromatic heterocycles. The Labute approximate surface area is 90.4 Å². The first kappa shape index (κ1) is 12.0. The summed E-state index contributed by atoms with van der Waals surface area (Å²) in [6, 6.07) is 0. The second kappa shape index (κ2) is 6.40. The molecule has 0 bridgehead atoms. The summed E-state index contributed by atoms with van der Waals surface area (Å²) in [6.45, 7) is 2.47. The lowest BCUT2D eigenvalue weighted by Gasteiger charge is -2.14. The SMILES string of the molecule is CCC1=CCC(C(=O)OCCCO)C=C1. The van der Waals surface area contributed by atoms with Crippen molar-refractivity contribution in [3.05, 3.63) is 23.8 Å². The van der Waals surface area contributed by atoms with Gasteiger partial charge in [-0.25, -0.2) is 0 Å². The highest BCUT2D eigenvalue weighted by Gasteiger charge is 2.17. The van der Waals surface area contributed by atoms with Gasteiger partial charge < -0.3 is 9.84 Å². The molecule has 1 unspecified atom stereocenters. The fraction of sp³-hybridized carbons (Fsp3) is 0.583. The maximum absolute atomic E-state index is 11.5. The molecule has 15 heavy (non-hydrogen) atoms. The summed E-state index contributed by atoms with van der Waals surface area (Å²) >= 11 is 0. The fourth-order valence-electron chi connectivity index (χ4n) is 1.45. The molecule has 1 atom stereocenters. The normalized spacial score (nSPS) is 19.9. The van der Waals surface area contributed by atoms with Crippen molar-refractivity contribution in [1.29, 1.82) is 0 Å². The van der Waals surface area contributed by atoms with Crippen molar-refractivity contribution in [1.82, 2.24) is 0 Å². The molecule has 3 nitrogen and oxygen atoms in total. The maximum atomic E-state index is 11.5. The van der Waals surface area contributed by atoms with Gasteiger partial charge in [-0.3, -0.25) is 4.79 Å². The van der Waals surface area contributed by atoms with E-state index in [1.54, 1.807) is 0 Å². The molecule has 0 aromatic carbocycles. The van der Waals surface area contributed by atoms with Crippen LogP contribution >= 0.6 is 0 Å². The molecule has 0 heterocycles. The standard InChI is InChI=1S/C12H18O3/c1-2-10-4-6-11(7-5-10)12(14)15-9-3-8-13/h4-6,11,13H,2-3,7-9H2,1H3. The van der Waals surface area contributed by atoms with E-state index in [-0.39, 0.29) is 18.5 Å². The Morgan fingerprint density at radius 2 is 2.47 bits per heavy atom. The maximum Gasteiger partial charge on any atom is 0.313 e. The smallest absolute Gasteiger partial charge is 0.313 e. The number of allylic oxidation sites excluding steroid dienone is 3. The molecule has 84 valence electrons. The Hall–Kier alpha value is -1.09. The summed E-state index contributed by atoms with van der Waals surface area (Å²) in [5.74, 6) is -0.329. The van der Waals surface area contributed by atoms with E-state index in [2.05, 4.69) is 13.0 Å². The van der Waals surface area contributed by atoms with Crippen LogP contribution in [0.1, 0.15) is 26.2 Å². The van der Waals surface area contributed by atoms with Crippen LogP contribution in [0.25, 0.3) is 0 Å². The van der Waals surface area contributed by atoms with Crippen molar-refractivity contribution in [2.24, 2.45) is 5.92 Å². The van der Waals surface area contributed by atoms with E-state index in [1.807, 2.05) is 12.2 Å².